The SMILES string of the molecule is OC1(c2ccccc2)CCN(Cc2ccccc2)C1. The topological polar surface area (TPSA) is 23.5 Å². The third kappa shape index (κ3) is 2.70. The summed E-state index contributed by atoms with van der Waals surface area (Å²) in [5, 5.41) is 10.8. The Morgan fingerprint density at radius 3 is 2.26 bits per heavy atom. The average molecular weight is 253 g/mol. The molecule has 1 aliphatic rings. The van der Waals surface area contributed by atoms with E-state index in [9.17, 15) is 5.11 Å². The van der Waals surface area contributed by atoms with Crippen LogP contribution in [0.4, 0.5) is 0 Å². The molecule has 2 heteroatoms. The zero-order valence-electron chi connectivity index (χ0n) is 11.0. The second-order valence-electron chi connectivity index (χ2n) is 5.34. The lowest BCUT2D eigenvalue weighted by Gasteiger charge is -2.24. The summed E-state index contributed by atoms with van der Waals surface area (Å²) >= 11 is 0. The van der Waals surface area contributed by atoms with Crippen molar-refractivity contribution in [3.8, 4) is 0 Å². The Bertz CT molecular complexity index is 525. The number of aliphatic hydroxyl groups is 1. The van der Waals surface area contributed by atoms with Crippen LogP contribution in [0.15, 0.2) is 60.7 Å². The van der Waals surface area contributed by atoms with Gasteiger partial charge in [-0.25, -0.2) is 0 Å². The fourth-order valence-electron chi connectivity index (χ4n) is 2.83. The molecule has 2 aromatic carbocycles. The molecule has 1 atom stereocenters. The van der Waals surface area contributed by atoms with E-state index >= 15 is 0 Å². The van der Waals surface area contributed by atoms with Gasteiger partial charge in [0.15, 0.2) is 0 Å². The third-order valence-corrected chi connectivity index (χ3v) is 3.89. The van der Waals surface area contributed by atoms with Gasteiger partial charge in [-0.15, -0.1) is 0 Å². The van der Waals surface area contributed by atoms with E-state index in [0.717, 1.165) is 25.1 Å². The maximum Gasteiger partial charge on any atom is 0.103 e. The molecule has 1 heterocycles. The molecule has 0 bridgehead atoms. The van der Waals surface area contributed by atoms with E-state index < -0.39 is 5.60 Å². The van der Waals surface area contributed by atoms with Crippen LogP contribution in [0.5, 0.6) is 0 Å². The molecule has 19 heavy (non-hydrogen) atoms. The molecule has 2 nitrogen and oxygen atoms in total. The van der Waals surface area contributed by atoms with Crippen LogP contribution in [-0.4, -0.2) is 23.1 Å². The van der Waals surface area contributed by atoms with Gasteiger partial charge < -0.3 is 5.11 Å². The highest BCUT2D eigenvalue weighted by Gasteiger charge is 2.37. The number of hydrogen-bond donors (Lipinski definition) is 1. The van der Waals surface area contributed by atoms with Crippen molar-refractivity contribution in [1.29, 1.82) is 0 Å². The molecule has 1 aliphatic heterocycles. The molecule has 1 fully saturated rings. The van der Waals surface area contributed by atoms with E-state index in [0.29, 0.717) is 6.54 Å². The fourth-order valence-corrected chi connectivity index (χ4v) is 2.83. The summed E-state index contributed by atoms with van der Waals surface area (Å²) in [7, 11) is 0. The first-order valence-corrected chi connectivity index (χ1v) is 6.80. The van der Waals surface area contributed by atoms with Gasteiger partial charge >= 0.3 is 0 Å². The van der Waals surface area contributed by atoms with Crippen LogP contribution in [-0.2, 0) is 12.1 Å². The molecule has 1 N–H and O–H groups in total. The highest BCUT2D eigenvalue weighted by Crippen LogP contribution is 2.32. The molecule has 98 valence electrons. The monoisotopic (exact) mass is 253 g/mol. The fraction of sp³-hybridized carbons (Fsp3) is 0.294. The molecule has 0 aliphatic carbocycles. The van der Waals surface area contributed by atoms with E-state index in [1.165, 1.54) is 5.56 Å². The second kappa shape index (κ2) is 5.16. The zero-order valence-corrected chi connectivity index (χ0v) is 11.0. The highest BCUT2D eigenvalue weighted by atomic mass is 16.3. The Morgan fingerprint density at radius 2 is 1.58 bits per heavy atom. The maximum atomic E-state index is 10.8. The van der Waals surface area contributed by atoms with Gasteiger partial charge in [0.1, 0.15) is 5.60 Å². The van der Waals surface area contributed by atoms with Gasteiger partial charge in [0, 0.05) is 19.6 Å². The lowest BCUT2D eigenvalue weighted by molar-refractivity contribution is 0.0453. The lowest BCUT2D eigenvalue weighted by atomic mass is 9.93. The van der Waals surface area contributed by atoms with Crippen LogP contribution >= 0.6 is 0 Å². The standard InChI is InChI=1S/C17H19NO/c19-17(16-9-5-2-6-10-16)11-12-18(14-17)13-15-7-3-1-4-8-15/h1-10,19H,11-14H2. The van der Waals surface area contributed by atoms with Crippen molar-refractivity contribution in [3.63, 3.8) is 0 Å². The first kappa shape index (κ1) is 12.4. The lowest BCUT2D eigenvalue weighted by Crippen LogP contribution is -2.30. The van der Waals surface area contributed by atoms with Gasteiger partial charge in [-0.3, -0.25) is 4.90 Å². The van der Waals surface area contributed by atoms with Crippen molar-refractivity contribution in [1.82, 2.24) is 4.90 Å². The van der Waals surface area contributed by atoms with Crippen molar-refractivity contribution in [2.75, 3.05) is 13.1 Å². The van der Waals surface area contributed by atoms with Gasteiger partial charge in [-0.05, 0) is 17.5 Å². The van der Waals surface area contributed by atoms with Crippen LogP contribution in [0.25, 0.3) is 0 Å². The predicted molar refractivity (Wildman–Crippen MR) is 76.7 cm³/mol. The molecular weight excluding hydrogens is 234 g/mol. The van der Waals surface area contributed by atoms with Crippen LogP contribution in [0, 0.1) is 0 Å². The van der Waals surface area contributed by atoms with E-state index in [1.807, 2.05) is 36.4 Å². The van der Waals surface area contributed by atoms with Crippen molar-refractivity contribution in [2.24, 2.45) is 0 Å². The summed E-state index contributed by atoms with van der Waals surface area (Å²) in [6.07, 6.45) is 0.809. The van der Waals surface area contributed by atoms with Crippen molar-refractivity contribution >= 4 is 0 Å². The summed E-state index contributed by atoms with van der Waals surface area (Å²) in [5.41, 5.74) is 1.65. The zero-order chi connectivity index (χ0) is 13.1. The number of likely N-dealkylation sites (tertiary alicyclic amines) is 1. The molecule has 1 saturated heterocycles. The first-order valence-electron chi connectivity index (χ1n) is 6.80. The predicted octanol–water partition coefficient (Wildman–Crippen LogP) is 2.78. The van der Waals surface area contributed by atoms with E-state index in [1.54, 1.807) is 0 Å². The molecule has 2 aromatic rings. The van der Waals surface area contributed by atoms with E-state index in [2.05, 4.69) is 29.2 Å². The Labute approximate surface area is 114 Å². The van der Waals surface area contributed by atoms with Crippen LogP contribution in [0.3, 0.4) is 0 Å². The summed E-state index contributed by atoms with van der Waals surface area (Å²) in [5.74, 6) is 0. The Morgan fingerprint density at radius 1 is 0.947 bits per heavy atom. The number of nitrogens with zero attached hydrogens (tertiary/aromatic N) is 1. The Kier molecular flexibility index (Phi) is 3.36. The molecular formula is C17H19NO. The molecule has 0 amide bonds. The molecule has 1 unspecified atom stereocenters. The minimum atomic E-state index is -0.684. The summed E-state index contributed by atoms with van der Waals surface area (Å²) in [6, 6.07) is 20.5. The van der Waals surface area contributed by atoms with Crippen LogP contribution < -0.4 is 0 Å². The molecule has 3 rings (SSSR count). The van der Waals surface area contributed by atoms with Gasteiger partial charge in [-0.2, -0.15) is 0 Å². The summed E-state index contributed by atoms with van der Waals surface area (Å²) < 4.78 is 0. The van der Waals surface area contributed by atoms with Crippen molar-refractivity contribution in [2.45, 2.75) is 18.6 Å². The van der Waals surface area contributed by atoms with Crippen LogP contribution in [0.1, 0.15) is 17.5 Å². The molecule has 0 radical (unpaired) electrons. The van der Waals surface area contributed by atoms with Gasteiger partial charge in [-0.1, -0.05) is 60.7 Å². The second-order valence-corrected chi connectivity index (χ2v) is 5.34. The molecule has 0 spiro atoms. The Balaban J connectivity index is 1.70. The number of β-amino-alcohol motifs (C(OH)–C–C–N with tert-alkyl or cyclic N) is 1. The van der Waals surface area contributed by atoms with E-state index in [4.69, 9.17) is 0 Å². The quantitative estimate of drug-likeness (QED) is 0.909. The number of benzene rings is 2. The Hall–Kier alpha value is -1.64. The van der Waals surface area contributed by atoms with E-state index in [-0.39, 0.29) is 0 Å². The molecule has 0 saturated carbocycles. The van der Waals surface area contributed by atoms with Crippen molar-refractivity contribution in [3.05, 3.63) is 71.8 Å². The largest absolute Gasteiger partial charge is 0.384 e. The minimum absolute atomic E-state index is 0.684. The smallest absolute Gasteiger partial charge is 0.103 e. The maximum absolute atomic E-state index is 10.8. The minimum Gasteiger partial charge on any atom is -0.384 e. The van der Waals surface area contributed by atoms with Crippen molar-refractivity contribution < 1.29 is 5.11 Å². The van der Waals surface area contributed by atoms with Crippen LogP contribution in [0.2, 0.25) is 0 Å². The van der Waals surface area contributed by atoms with Gasteiger partial charge in [0.25, 0.3) is 0 Å². The normalized spacial score (nSPS) is 23.6. The van der Waals surface area contributed by atoms with Gasteiger partial charge in [0.05, 0.1) is 0 Å². The highest BCUT2D eigenvalue weighted by molar-refractivity contribution is 5.24. The third-order valence-electron chi connectivity index (χ3n) is 3.89. The molecule has 0 aromatic heterocycles. The summed E-state index contributed by atoms with van der Waals surface area (Å²) in [6.45, 7) is 2.57. The number of hydrogen-bond acceptors (Lipinski definition) is 2. The van der Waals surface area contributed by atoms with Gasteiger partial charge in [0.2, 0.25) is 0 Å². The summed E-state index contributed by atoms with van der Waals surface area (Å²) in [4.78, 5) is 2.32. The first-order chi connectivity index (χ1) is 9.26. The average Bonchev–Trinajstić information content (AvgIpc) is 2.84. The number of rotatable bonds is 3.